The Morgan fingerprint density at radius 2 is 1.60 bits per heavy atom. The van der Waals surface area contributed by atoms with E-state index in [0.717, 1.165) is 0 Å². The van der Waals surface area contributed by atoms with E-state index >= 15 is 0 Å². The van der Waals surface area contributed by atoms with Crippen LogP contribution >= 0.6 is 0 Å². The summed E-state index contributed by atoms with van der Waals surface area (Å²) >= 11 is 0. The van der Waals surface area contributed by atoms with Crippen molar-refractivity contribution in [1.82, 2.24) is 15.1 Å². The van der Waals surface area contributed by atoms with Gasteiger partial charge < -0.3 is 15.1 Å². The molecular formula is C12H29N3. The SMILES string of the molecule is CNC(C)(C)CCN(C)CCCN(C)C. The molecule has 0 saturated carbocycles. The standard InChI is InChI=1S/C12H29N3/c1-12(2,13-3)8-11-15(6)10-7-9-14(4)5/h13H,7-11H2,1-6H3. The molecule has 0 heterocycles. The highest BCUT2D eigenvalue weighted by molar-refractivity contribution is 4.76. The Hall–Kier alpha value is -0.120. The quantitative estimate of drug-likeness (QED) is 0.657. The van der Waals surface area contributed by atoms with Crippen LogP contribution in [0.2, 0.25) is 0 Å². The number of hydrogen-bond acceptors (Lipinski definition) is 3. The lowest BCUT2D eigenvalue weighted by Crippen LogP contribution is -2.39. The van der Waals surface area contributed by atoms with Crippen LogP contribution in [-0.2, 0) is 0 Å². The second kappa shape index (κ2) is 7.20. The van der Waals surface area contributed by atoms with Crippen LogP contribution in [0, 0.1) is 0 Å². The maximum atomic E-state index is 3.34. The Labute approximate surface area is 95.8 Å². The van der Waals surface area contributed by atoms with Crippen LogP contribution in [-0.4, -0.2) is 63.2 Å². The molecular weight excluding hydrogens is 186 g/mol. The van der Waals surface area contributed by atoms with Gasteiger partial charge in [0.05, 0.1) is 0 Å². The third-order valence-corrected chi connectivity index (χ3v) is 2.94. The van der Waals surface area contributed by atoms with Crippen LogP contribution in [0.3, 0.4) is 0 Å². The molecule has 0 spiro atoms. The normalized spacial score (nSPS) is 12.8. The van der Waals surface area contributed by atoms with Crippen LogP contribution in [0.25, 0.3) is 0 Å². The highest BCUT2D eigenvalue weighted by atomic mass is 15.1. The average molecular weight is 215 g/mol. The molecule has 0 radical (unpaired) electrons. The summed E-state index contributed by atoms with van der Waals surface area (Å²) in [7, 11) is 8.50. The van der Waals surface area contributed by atoms with Crippen LogP contribution in [0.5, 0.6) is 0 Å². The third-order valence-electron chi connectivity index (χ3n) is 2.94. The van der Waals surface area contributed by atoms with Gasteiger partial charge in [0, 0.05) is 5.54 Å². The Kier molecular flexibility index (Phi) is 7.14. The molecule has 1 N–H and O–H groups in total. The highest BCUT2D eigenvalue weighted by Gasteiger charge is 2.14. The van der Waals surface area contributed by atoms with E-state index in [-0.39, 0.29) is 5.54 Å². The number of rotatable bonds is 8. The summed E-state index contributed by atoms with van der Waals surface area (Å²) in [6.45, 7) is 8.04. The van der Waals surface area contributed by atoms with Gasteiger partial charge in [0.25, 0.3) is 0 Å². The van der Waals surface area contributed by atoms with Gasteiger partial charge in [-0.3, -0.25) is 0 Å². The lowest BCUT2D eigenvalue weighted by atomic mass is 10.0. The van der Waals surface area contributed by atoms with Gasteiger partial charge in [-0.2, -0.15) is 0 Å². The Morgan fingerprint density at radius 3 is 2.07 bits per heavy atom. The first-order valence-corrected chi connectivity index (χ1v) is 5.89. The van der Waals surface area contributed by atoms with Crippen molar-refractivity contribution in [2.45, 2.75) is 32.2 Å². The zero-order chi connectivity index (χ0) is 11.9. The van der Waals surface area contributed by atoms with Gasteiger partial charge in [-0.25, -0.2) is 0 Å². The van der Waals surface area contributed by atoms with E-state index in [0.29, 0.717) is 0 Å². The first kappa shape index (κ1) is 14.9. The lowest BCUT2D eigenvalue weighted by Gasteiger charge is -2.27. The fraction of sp³-hybridized carbons (Fsp3) is 1.00. The van der Waals surface area contributed by atoms with Crippen molar-refractivity contribution in [3.05, 3.63) is 0 Å². The third kappa shape index (κ3) is 8.85. The Balaban J connectivity index is 3.53. The van der Waals surface area contributed by atoms with E-state index in [2.05, 4.69) is 50.1 Å². The number of nitrogens with zero attached hydrogens (tertiary/aromatic N) is 2. The van der Waals surface area contributed by atoms with Crippen LogP contribution in [0.4, 0.5) is 0 Å². The number of nitrogens with one attached hydrogen (secondary N) is 1. The summed E-state index contributed by atoms with van der Waals surface area (Å²) in [5.74, 6) is 0. The minimum atomic E-state index is 0.260. The van der Waals surface area contributed by atoms with E-state index in [9.17, 15) is 0 Å². The summed E-state index contributed by atoms with van der Waals surface area (Å²) in [5, 5.41) is 3.34. The van der Waals surface area contributed by atoms with E-state index in [1.54, 1.807) is 0 Å². The fourth-order valence-corrected chi connectivity index (χ4v) is 1.36. The summed E-state index contributed by atoms with van der Waals surface area (Å²) in [4.78, 5) is 4.66. The van der Waals surface area contributed by atoms with Gasteiger partial charge in [-0.1, -0.05) is 0 Å². The zero-order valence-corrected chi connectivity index (χ0v) is 11.4. The van der Waals surface area contributed by atoms with E-state index < -0.39 is 0 Å². The van der Waals surface area contributed by atoms with Gasteiger partial charge in [0.1, 0.15) is 0 Å². The second-order valence-electron chi connectivity index (χ2n) is 5.34. The molecule has 0 amide bonds. The van der Waals surface area contributed by atoms with Crippen molar-refractivity contribution in [3.8, 4) is 0 Å². The molecule has 0 aliphatic rings. The van der Waals surface area contributed by atoms with Crippen molar-refractivity contribution >= 4 is 0 Å². The molecule has 0 aromatic heterocycles. The van der Waals surface area contributed by atoms with Gasteiger partial charge in [0.15, 0.2) is 0 Å². The molecule has 15 heavy (non-hydrogen) atoms. The molecule has 0 atom stereocenters. The molecule has 0 aromatic carbocycles. The minimum Gasteiger partial charge on any atom is -0.315 e. The molecule has 0 aliphatic carbocycles. The maximum Gasteiger partial charge on any atom is 0.0134 e. The van der Waals surface area contributed by atoms with Crippen molar-refractivity contribution < 1.29 is 0 Å². The topological polar surface area (TPSA) is 18.5 Å². The van der Waals surface area contributed by atoms with Crippen LogP contribution in [0.1, 0.15) is 26.7 Å². The predicted octanol–water partition coefficient (Wildman–Crippen LogP) is 1.26. The van der Waals surface area contributed by atoms with Gasteiger partial charge in [-0.15, -0.1) is 0 Å². The highest BCUT2D eigenvalue weighted by Crippen LogP contribution is 2.07. The van der Waals surface area contributed by atoms with Crippen molar-refractivity contribution in [1.29, 1.82) is 0 Å². The van der Waals surface area contributed by atoms with Crippen LogP contribution in [0.15, 0.2) is 0 Å². The molecule has 3 nitrogen and oxygen atoms in total. The summed E-state index contributed by atoms with van der Waals surface area (Å²) in [6, 6.07) is 0. The molecule has 0 aromatic rings. The van der Waals surface area contributed by atoms with Gasteiger partial charge in [0.2, 0.25) is 0 Å². The summed E-state index contributed by atoms with van der Waals surface area (Å²) in [6.07, 6.45) is 2.45. The lowest BCUT2D eigenvalue weighted by molar-refractivity contribution is 0.262. The van der Waals surface area contributed by atoms with Crippen molar-refractivity contribution in [3.63, 3.8) is 0 Å². The maximum absolute atomic E-state index is 3.34. The Morgan fingerprint density at radius 1 is 1.00 bits per heavy atom. The predicted molar refractivity (Wildman–Crippen MR) is 68.4 cm³/mol. The van der Waals surface area contributed by atoms with E-state index in [4.69, 9.17) is 0 Å². The largest absolute Gasteiger partial charge is 0.315 e. The van der Waals surface area contributed by atoms with Crippen molar-refractivity contribution in [2.24, 2.45) is 0 Å². The zero-order valence-electron chi connectivity index (χ0n) is 11.4. The Bertz CT molecular complexity index is 155. The molecule has 0 unspecified atom stereocenters. The smallest absolute Gasteiger partial charge is 0.0134 e. The van der Waals surface area contributed by atoms with E-state index in [1.165, 1.54) is 32.5 Å². The second-order valence-corrected chi connectivity index (χ2v) is 5.34. The molecule has 0 aliphatic heterocycles. The number of hydrogen-bond donors (Lipinski definition) is 1. The monoisotopic (exact) mass is 215 g/mol. The fourth-order valence-electron chi connectivity index (χ4n) is 1.36. The molecule has 0 bridgehead atoms. The van der Waals surface area contributed by atoms with Gasteiger partial charge in [-0.05, 0) is 74.5 Å². The van der Waals surface area contributed by atoms with Gasteiger partial charge >= 0.3 is 0 Å². The summed E-state index contributed by atoms with van der Waals surface area (Å²) in [5.41, 5.74) is 0.260. The minimum absolute atomic E-state index is 0.260. The molecule has 0 rings (SSSR count). The van der Waals surface area contributed by atoms with Crippen LogP contribution < -0.4 is 5.32 Å². The molecule has 0 saturated heterocycles. The first-order valence-electron chi connectivity index (χ1n) is 5.89. The van der Waals surface area contributed by atoms with E-state index in [1.807, 2.05) is 7.05 Å². The molecule has 3 heteroatoms. The first-order chi connectivity index (χ1) is 6.87. The molecule has 92 valence electrons. The van der Waals surface area contributed by atoms with Crippen molar-refractivity contribution in [2.75, 3.05) is 47.8 Å². The molecule has 0 fully saturated rings. The average Bonchev–Trinajstić information content (AvgIpc) is 2.14. The summed E-state index contributed by atoms with van der Waals surface area (Å²) < 4.78 is 0.